The lowest BCUT2D eigenvalue weighted by molar-refractivity contribution is 0.269. The van der Waals surface area contributed by atoms with Gasteiger partial charge in [0.15, 0.2) is 11.5 Å². The molecule has 1 aliphatic heterocycles. The number of ether oxygens (including phenoxy) is 2. The van der Waals surface area contributed by atoms with Crippen molar-refractivity contribution in [3.63, 3.8) is 0 Å². The molecule has 6 nitrogen and oxygen atoms in total. The van der Waals surface area contributed by atoms with Gasteiger partial charge in [-0.1, -0.05) is 25.4 Å². The van der Waals surface area contributed by atoms with E-state index in [0.717, 1.165) is 49.8 Å². The Morgan fingerprint density at radius 3 is 2.48 bits per heavy atom. The number of halogens is 1. The van der Waals surface area contributed by atoms with Gasteiger partial charge in [-0.05, 0) is 11.6 Å². The molecule has 0 spiro atoms. The number of hydrogen-bond donors (Lipinski definition) is 0. The van der Waals surface area contributed by atoms with Gasteiger partial charge in [-0.25, -0.2) is 0 Å². The third kappa shape index (κ3) is 3.75. The minimum Gasteiger partial charge on any atom is -0.493 e. The fourth-order valence-electron chi connectivity index (χ4n) is 3.23. The van der Waals surface area contributed by atoms with Gasteiger partial charge in [0, 0.05) is 49.6 Å². The van der Waals surface area contributed by atoms with Crippen molar-refractivity contribution in [1.82, 2.24) is 19.7 Å². The Labute approximate surface area is 153 Å². The van der Waals surface area contributed by atoms with Gasteiger partial charge in [-0.15, -0.1) is 10.2 Å². The molecule has 2 aromatic rings. The van der Waals surface area contributed by atoms with Crippen molar-refractivity contribution in [3.05, 3.63) is 34.4 Å². The number of hydrogen-bond acceptors (Lipinski definition) is 5. The molecule has 0 fully saturated rings. The Bertz CT molecular complexity index is 745. The number of fused-ring (bicyclic) bond motifs is 1. The van der Waals surface area contributed by atoms with Gasteiger partial charge in [-0.3, -0.25) is 4.90 Å². The van der Waals surface area contributed by atoms with Crippen LogP contribution in [-0.4, -0.2) is 47.0 Å². The molecule has 3 rings (SSSR count). The minimum atomic E-state index is 0.382. The Kier molecular flexibility index (Phi) is 5.49. The van der Waals surface area contributed by atoms with Crippen LogP contribution in [0.4, 0.5) is 0 Å². The molecule has 136 valence electrons. The summed E-state index contributed by atoms with van der Waals surface area (Å²) in [6.45, 7) is 7.86. The van der Waals surface area contributed by atoms with Gasteiger partial charge in [0.25, 0.3) is 0 Å². The first-order valence-electron chi connectivity index (χ1n) is 8.58. The molecular formula is C18H25ClN4O2. The van der Waals surface area contributed by atoms with E-state index in [2.05, 4.69) is 33.5 Å². The van der Waals surface area contributed by atoms with E-state index in [1.165, 1.54) is 0 Å². The van der Waals surface area contributed by atoms with E-state index >= 15 is 0 Å². The second kappa shape index (κ2) is 7.62. The van der Waals surface area contributed by atoms with Gasteiger partial charge < -0.3 is 14.0 Å². The van der Waals surface area contributed by atoms with E-state index in [0.29, 0.717) is 22.4 Å². The fraction of sp³-hybridized carbons (Fsp3) is 0.556. The number of methoxy groups -OCH3 is 2. The van der Waals surface area contributed by atoms with Crippen molar-refractivity contribution in [2.45, 2.75) is 39.3 Å². The van der Waals surface area contributed by atoms with Crippen molar-refractivity contribution >= 4 is 11.6 Å². The van der Waals surface area contributed by atoms with E-state index < -0.39 is 0 Å². The highest BCUT2D eigenvalue weighted by molar-refractivity contribution is 6.31. The minimum absolute atomic E-state index is 0.382. The van der Waals surface area contributed by atoms with Crippen molar-refractivity contribution in [2.75, 3.05) is 27.3 Å². The standard InChI is InChI=1S/C18H25ClN4O2/c1-12(2)18-21-20-17-5-6-22(7-8-23(17)18)11-13-9-15(24-3)16(25-4)10-14(13)19/h9-10,12H,5-8,11H2,1-4H3. The SMILES string of the molecule is COc1cc(Cl)c(CN2CCc3nnc(C(C)C)n3CC2)cc1OC. The van der Waals surface area contributed by atoms with E-state index in [4.69, 9.17) is 21.1 Å². The number of rotatable bonds is 5. The lowest BCUT2D eigenvalue weighted by Gasteiger charge is -2.21. The normalized spacial score (nSPS) is 15.1. The summed E-state index contributed by atoms with van der Waals surface area (Å²) in [5.74, 6) is 3.88. The second-order valence-electron chi connectivity index (χ2n) is 6.61. The van der Waals surface area contributed by atoms with Crippen LogP contribution in [0.15, 0.2) is 12.1 Å². The summed E-state index contributed by atoms with van der Waals surface area (Å²) in [4.78, 5) is 2.39. The van der Waals surface area contributed by atoms with E-state index in [1.54, 1.807) is 14.2 Å². The molecule has 0 saturated heterocycles. The van der Waals surface area contributed by atoms with E-state index in [9.17, 15) is 0 Å². The van der Waals surface area contributed by atoms with Crippen LogP contribution in [0.5, 0.6) is 11.5 Å². The summed E-state index contributed by atoms with van der Waals surface area (Å²) >= 11 is 6.44. The molecule has 1 aromatic carbocycles. The molecule has 0 radical (unpaired) electrons. The first-order valence-corrected chi connectivity index (χ1v) is 8.96. The van der Waals surface area contributed by atoms with Gasteiger partial charge >= 0.3 is 0 Å². The topological polar surface area (TPSA) is 52.4 Å². The first kappa shape index (κ1) is 18.0. The zero-order chi connectivity index (χ0) is 18.0. The molecule has 0 atom stereocenters. The van der Waals surface area contributed by atoms with Crippen LogP contribution in [0, 0.1) is 0 Å². The maximum atomic E-state index is 6.44. The average Bonchev–Trinajstić information content (AvgIpc) is 2.91. The van der Waals surface area contributed by atoms with Gasteiger partial charge in [0.1, 0.15) is 11.6 Å². The van der Waals surface area contributed by atoms with Crippen LogP contribution in [0.1, 0.15) is 37.0 Å². The fourth-order valence-corrected chi connectivity index (χ4v) is 3.45. The maximum absolute atomic E-state index is 6.44. The summed E-state index contributed by atoms with van der Waals surface area (Å²) in [5.41, 5.74) is 1.04. The Morgan fingerprint density at radius 2 is 1.80 bits per heavy atom. The second-order valence-corrected chi connectivity index (χ2v) is 7.01. The molecule has 25 heavy (non-hydrogen) atoms. The molecular weight excluding hydrogens is 340 g/mol. The Morgan fingerprint density at radius 1 is 1.08 bits per heavy atom. The number of benzene rings is 1. The van der Waals surface area contributed by atoms with Gasteiger partial charge in [-0.2, -0.15) is 0 Å². The predicted octanol–water partition coefficient (Wildman–Crippen LogP) is 3.13. The third-order valence-electron chi connectivity index (χ3n) is 4.61. The summed E-state index contributed by atoms with van der Waals surface area (Å²) < 4.78 is 13.0. The smallest absolute Gasteiger partial charge is 0.162 e. The third-order valence-corrected chi connectivity index (χ3v) is 4.96. The average molecular weight is 365 g/mol. The lowest BCUT2D eigenvalue weighted by Crippen LogP contribution is -2.27. The molecule has 0 aliphatic carbocycles. The van der Waals surface area contributed by atoms with Gasteiger partial charge in [0.2, 0.25) is 0 Å². The number of nitrogens with zero attached hydrogens (tertiary/aromatic N) is 4. The molecule has 0 N–H and O–H groups in total. The van der Waals surface area contributed by atoms with Crippen LogP contribution < -0.4 is 9.47 Å². The highest BCUT2D eigenvalue weighted by atomic mass is 35.5. The van der Waals surface area contributed by atoms with Crippen LogP contribution >= 0.6 is 11.6 Å². The quantitative estimate of drug-likeness (QED) is 0.815. The Hall–Kier alpha value is -1.79. The highest BCUT2D eigenvalue weighted by Crippen LogP contribution is 2.33. The predicted molar refractivity (Wildman–Crippen MR) is 97.6 cm³/mol. The zero-order valence-corrected chi connectivity index (χ0v) is 16.0. The largest absolute Gasteiger partial charge is 0.493 e. The van der Waals surface area contributed by atoms with E-state index in [-0.39, 0.29) is 0 Å². The number of aromatic nitrogens is 3. The van der Waals surface area contributed by atoms with Crippen molar-refractivity contribution in [2.24, 2.45) is 0 Å². The van der Waals surface area contributed by atoms with Gasteiger partial charge in [0.05, 0.1) is 14.2 Å². The van der Waals surface area contributed by atoms with Crippen LogP contribution in [0.2, 0.25) is 5.02 Å². The monoisotopic (exact) mass is 364 g/mol. The molecule has 0 amide bonds. The van der Waals surface area contributed by atoms with E-state index in [1.807, 2.05) is 12.1 Å². The van der Waals surface area contributed by atoms with Crippen LogP contribution in [0.3, 0.4) is 0 Å². The van der Waals surface area contributed by atoms with Crippen LogP contribution in [-0.2, 0) is 19.5 Å². The van der Waals surface area contributed by atoms with Crippen molar-refractivity contribution in [1.29, 1.82) is 0 Å². The molecule has 1 aromatic heterocycles. The lowest BCUT2D eigenvalue weighted by atomic mass is 10.1. The maximum Gasteiger partial charge on any atom is 0.162 e. The molecule has 2 heterocycles. The van der Waals surface area contributed by atoms with Crippen LogP contribution in [0.25, 0.3) is 0 Å². The summed E-state index contributed by atoms with van der Waals surface area (Å²) in [6.07, 6.45) is 0.893. The zero-order valence-electron chi connectivity index (χ0n) is 15.3. The first-order chi connectivity index (χ1) is 12.0. The summed E-state index contributed by atoms with van der Waals surface area (Å²) in [6, 6.07) is 3.78. The molecule has 0 bridgehead atoms. The van der Waals surface area contributed by atoms with Crippen molar-refractivity contribution in [3.8, 4) is 11.5 Å². The van der Waals surface area contributed by atoms with Crippen molar-refractivity contribution < 1.29 is 9.47 Å². The molecule has 0 saturated carbocycles. The molecule has 1 aliphatic rings. The summed E-state index contributed by atoms with van der Waals surface area (Å²) in [5, 5.41) is 9.42. The Balaban J connectivity index is 1.75. The highest BCUT2D eigenvalue weighted by Gasteiger charge is 2.21. The molecule has 7 heteroatoms. The molecule has 0 unspecified atom stereocenters. The summed E-state index contributed by atoms with van der Waals surface area (Å²) in [7, 11) is 3.26.